The number of rotatable bonds is 5. The van der Waals surface area contributed by atoms with Gasteiger partial charge in [-0.05, 0) is 24.6 Å². The Balaban J connectivity index is 2.02. The highest BCUT2D eigenvalue weighted by Gasteiger charge is 2.15. The van der Waals surface area contributed by atoms with Gasteiger partial charge in [0.1, 0.15) is 0 Å². The molecule has 0 fully saturated rings. The number of aliphatic hydroxyl groups is 1. The van der Waals surface area contributed by atoms with Gasteiger partial charge in [0.25, 0.3) is 0 Å². The summed E-state index contributed by atoms with van der Waals surface area (Å²) in [6, 6.07) is 12.8. The van der Waals surface area contributed by atoms with E-state index < -0.39 is 16.9 Å². The smallest absolute Gasteiger partial charge is 0.0919 e. The van der Waals surface area contributed by atoms with Crippen LogP contribution < -0.4 is 0 Å². The fraction of sp³-hybridized carbons (Fsp3) is 0.250. The highest BCUT2D eigenvalue weighted by atomic mass is 35.5. The molecule has 2 nitrogen and oxygen atoms in total. The third-order valence-corrected chi connectivity index (χ3v) is 4.98. The average Bonchev–Trinajstić information content (AvgIpc) is 2.38. The number of benzene rings is 2. The predicted octanol–water partition coefficient (Wildman–Crippen LogP) is 4.28. The molecule has 5 heteroatoms. The summed E-state index contributed by atoms with van der Waals surface area (Å²) in [5.41, 5.74) is 2.69. The maximum Gasteiger partial charge on any atom is 0.0919 e. The van der Waals surface area contributed by atoms with Crippen LogP contribution in [0.1, 0.15) is 22.8 Å². The summed E-state index contributed by atoms with van der Waals surface area (Å²) in [5, 5.41) is 11.1. The zero-order chi connectivity index (χ0) is 15.4. The lowest BCUT2D eigenvalue weighted by molar-refractivity contribution is 0.203. The summed E-state index contributed by atoms with van der Waals surface area (Å²) in [6.07, 6.45) is -0.861. The maximum atomic E-state index is 12.2. The van der Waals surface area contributed by atoms with E-state index in [0.29, 0.717) is 21.4 Å². The molecule has 0 heterocycles. The molecular formula is C16H16Cl2O2S. The summed E-state index contributed by atoms with van der Waals surface area (Å²) in [7, 11) is -1.17. The normalized spacial score (nSPS) is 13.9. The first-order chi connectivity index (χ1) is 9.95. The predicted molar refractivity (Wildman–Crippen MR) is 89.3 cm³/mol. The topological polar surface area (TPSA) is 37.3 Å². The molecular weight excluding hydrogens is 327 g/mol. The Hall–Kier alpha value is -0.870. The molecule has 21 heavy (non-hydrogen) atoms. The van der Waals surface area contributed by atoms with Crippen molar-refractivity contribution in [2.24, 2.45) is 0 Å². The van der Waals surface area contributed by atoms with Crippen molar-refractivity contribution >= 4 is 34.0 Å². The molecule has 2 atom stereocenters. The highest BCUT2D eigenvalue weighted by molar-refractivity contribution is 7.84. The van der Waals surface area contributed by atoms with E-state index >= 15 is 0 Å². The summed E-state index contributed by atoms with van der Waals surface area (Å²) in [5.74, 6) is 0.569. The van der Waals surface area contributed by atoms with E-state index in [2.05, 4.69) is 0 Å². The molecule has 0 spiro atoms. The minimum atomic E-state index is -1.17. The molecule has 1 N–H and O–H groups in total. The molecule has 0 unspecified atom stereocenters. The van der Waals surface area contributed by atoms with Gasteiger partial charge in [-0.25, -0.2) is 0 Å². The molecule has 2 aromatic rings. The first-order valence-electron chi connectivity index (χ1n) is 6.49. The zero-order valence-corrected chi connectivity index (χ0v) is 13.9. The highest BCUT2D eigenvalue weighted by Crippen LogP contribution is 2.27. The van der Waals surface area contributed by atoms with Crippen LogP contribution in [0.15, 0.2) is 42.5 Å². The number of hydrogen-bond acceptors (Lipinski definition) is 2. The lowest BCUT2D eigenvalue weighted by Gasteiger charge is -2.13. The first-order valence-corrected chi connectivity index (χ1v) is 8.73. The van der Waals surface area contributed by atoms with Crippen molar-refractivity contribution in [2.45, 2.75) is 18.8 Å². The molecule has 0 saturated heterocycles. The number of aryl methyl sites for hydroxylation is 1. The summed E-state index contributed by atoms with van der Waals surface area (Å²) >= 11 is 11.9. The van der Waals surface area contributed by atoms with E-state index in [4.69, 9.17) is 23.2 Å². The molecule has 0 radical (unpaired) electrons. The fourth-order valence-corrected chi connectivity index (χ4v) is 3.82. The Morgan fingerprint density at radius 2 is 1.95 bits per heavy atom. The van der Waals surface area contributed by atoms with E-state index in [-0.39, 0.29) is 5.75 Å². The van der Waals surface area contributed by atoms with Crippen molar-refractivity contribution in [3.8, 4) is 0 Å². The second-order valence-electron chi connectivity index (χ2n) is 4.92. The second-order valence-corrected chi connectivity index (χ2v) is 7.27. The Labute approximate surface area is 137 Å². The lowest BCUT2D eigenvalue weighted by Crippen LogP contribution is -2.11. The minimum absolute atomic E-state index is 0.148. The van der Waals surface area contributed by atoms with Gasteiger partial charge in [0.15, 0.2) is 0 Å². The van der Waals surface area contributed by atoms with Crippen LogP contribution >= 0.6 is 23.2 Å². The molecule has 0 aromatic heterocycles. The standard InChI is InChI=1S/C16H16Cl2O2S/c1-11-3-2-4-12(7-11)9-21(20)10-16(19)14-6-5-13(17)8-15(14)18/h2-8,16,19H,9-10H2,1H3/t16-,21-/m0/s1. The van der Waals surface area contributed by atoms with Crippen LogP contribution in [-0.2, 0) is 16.6 Å². The zero-order valence-electron chi connectivity index (χ0n) is 11.6. The largest absolute Gasteiger partial charge is 0.387 e. The molecule has 0 aliphatic heterocycles. The van der Waals surface area contributed by atoms with Crippen LogP contribution in [0.3, 0.4) is 0 Å². The van der Waals surface area contributed by atoms with Crippen LogP contribution in [0, 0.1) is 6.92 Å². The van der Waals surface area contributed by atoms with Crippen molar-refractivity contribution in [3.05, 3.63) is 69.2 Å². The van der Waals surface area contributed by atoms with E-state index in [1.807, 2.05) is 31.2 Å². The summed E-state index contributed by atoms with van der Waals surface area (Å²) < 4.78 is 12.2. The SMILES string of the molecule is Cc1cccc(C[S@](=O)C[C@H](O)c2ccc(Cl)cc2Cl)c1. The van der Waals surface area contributed by atoms with Crippen LogP contribution in [0.2, 0.25) is 10.0 Å². The summed E-state index contributed by atoms with van der Waals surface area (Å²) in [4.78, 5) is 0. The van der Waals surface area contributed by atoms with Gasteiger partial charge < -0.3 is 5.11 Å². The second kappa shape index (κ2) is 7.41. The van der Waals surface area contributed by atoms with Gasteiger partial charge in [0.2, 0.25) is 0 Å². The fourth-order valence-electron chi connectivity index (χ4n) is 2.08. The number of aliphatic hydroxyl groups excluding tert-OH is 1. The Bertz CT molecular complexity index is 658. The Kier molecular flexibility index (Phi) is 5.82. The number of halogens is 2. The first kappa shape index (κ1) is 16.5. The van der Waals surface area contributed by atoms with Crippen molar-refractivity contribution in [1.82, 2.24) is 0 Å². The van der Waals surface area contributed by atoms with Crippen molar-refractivity contribution in [1.29, 1.82) is 0 Å². The minimum Gasteiger partial charge on any atom is -0.387 e. The van der Waals surface area contributed by atoms with E-state index in [1.165, 1.54) is 0 Å². The van der Waals surface area contributed by atoms with E-state index in [9.17, 15) is 9.32 Å². The van der Waals surface area contributed by atoms with Gasteiger partial charge in [-0.3, -0.25) is 4.21 Å². The van der Waals surface area contributed by atoms with Gasteiger partial charge >= 0.3 is 0 Å². The van der Waals surface area contributed by atoms with Gasteiger partial charge in [0, 0.05) is 32.2 Å². The van der Waals surface area contributed by atoms with Crippen molar-refractivity contribution in [2.75, 3.05) is 5.75 Å². The molecule has 0 saturated carbocycles. The van der Waals surface area contributed by atoms with Gasteiger partial charge in [-0.1, -0.05) is 59.1 Å². The third kappa shape index (κ3) is 4.82. The van der Waals surface area contributed by atoms with Crippen LogP contribution in [0.5, 0.6) is 0 Å². The Morgan fingerprint density at radius 3 is 2.62 bits per heavy atom. The monoisotopic (exact) mass is 342 g/mol. The molecule has 2 rings (SSSR count). The molecule has 2 aromatic carbocycles. The average molecular weight is 343 g/mol. The Morgan fingerprint density at radius 1 is 1.19 bits per heavy atom. The molecule has 0 bridgehead atoms. The van der Waals surface area contributed by atoms with E-state index in [0.717, 1.165) is 11.1 Å². The quantitative estimate of drug-likeness (QED) is 0.880. The maximum absolute atomic E-state index is 12.2. The van der Waals surface area contributed by atoms with Gasteiger partial charge in [-0.15, -0.1) is 0 Å². The van der Waals surface area contributed by atoms with Crippen LogP contribution in [0.4, 0.5) is 0 Å². The van der Waals surface area contributed by atoms with E-state index in [1.54, 1.807) is 18.2 Å². The number of hydrogen-bond donors (Lipinski definition) is 1. The van der Waals surface area contributed by atoms with Gasteiger partial charge in [0.05, 0.1) is 11.9 Å². The van der Waals surface area contributed by atoms with Crippen LogP contribution in [-0.4, -0.2) is 15.1 Å². The summed E-state index contributed by atoms with van der Waals surface area (Å²) in [6.45, 7) is 1.99. The molecule has 0 aliphatic carbocycles. The van der Waals surface area contributed by atoms with Crippen LogP contribution in [0.25, 0.3) is 0 Å². The van der Waals surface area contributed by atoms with Gasteiger partial charge in [-0.2, -0.15) is 0 Å². The molecule has 112 valence electrons. The lowest BCUT2D eigenvalue weighted by atomic mass is 10.1. The third-order valence-electron chi connectivity index (χ3n) is 3.08. The van der Waals surface area contributed by atoms with Crippen molar-refractivity contribution in [3.63, 3.8) is 0 Å². The molecule has 0 aliphatic rings. The van der Waals surface area contributed by atoms with Crippen molar-refractivity contribution < 1.29 is 9.32 Å². The molecule has 0 amide bonds.